The Morgan fingerprint density at radius 3 is 2.46 bits per heavy atom. The molecule has 0 aromatic heterocycles. The second-order valence-electron chi connectivity index (χ2n) is 6.16. The van der Waals surface area contributed by atoms with E-state index in [0.717, 1.165) is 6.26 Å². The maximum absolute atomic E-state index is 12.7. The molecule has 1 atom stereocenters. The van der Waals surface area contributed by atoms with Gasteiger partial charge in [0.05, 0.1) is 6.04 Å². The molecule has 1 amide bonds. The molecule has 1 heterocycles. The van der Waals surface area contributed by atoms with Crippen molar-refractivity contribution < 1.29 is 26.7 Å². The molecular weight excluding hydrogens is 390 g/mol. The average molecular weight is 413 g/mol. The van der Waals surface area contributed by atoms with E-state index in [9.17, 15) is 22.0 Å². The fraction of sp³-hybridized carbons (Fsp3) is 0.562. The van der Waals surface area contributed by atoms with Crippen molar-refractivity contribution in [1.82, 2.24) is 10.6 Å². The van der Waals surface area contributed by atoms with Crippen LogP contribution in [0, 0.1) is 0 Å². The molecule has 0 saturated carbocycles. The lowest BCUT2D eigenvalue weighted by Gasteiger charge is -2.35. The summed E-state index contributed by atoms with van der Waals surface area (Å²) in [5.41, 5.74) is 0.545. The number of carbonyl (C=O) groups is 1. The van der Waals surface area contributed by atoms with E-state index < -0.39 is 33.1 Å². The first kappa shape index (κ1) is 22.6. The van der Waals surface area contributed by atoms with Gasteiger partial charge in [-0.15, -0.1) is 12.4 Å². The van der Waals surface area contributed by atoms with Crippen molar-refractivity contribution in [3.05, 3.63) is 29.8 Å². The van der Waals surface area contributed by atoms with Crippen LogP contribution < -0.4 is 15.4 Å². The second-order valence-corrected chi connectivity index (χ2v) is 8.49. The molecule has 1 saturated heterocycles. The number of hydrogen-bond acceptors (Lipinski definition) is 5. The van der Waals surface area contributed by atoms with Gasteiger partial charge in [-0.05, 0) is 50.6 Å². The van der Waals surface area contributed by atoms with Gasteiger partial charge in [-0.2, -0.15) is 8.78 Å². The third kappa shape index (κ3) is 5.05. The van der Waals surface area contributed by atoms with Crippen LogP contribution in [0.4, 0.5) is 8.78 Å². The van der Waals surface area contributed by atoms with Gasteiger partial charge in [-0.25, -0.2) is 8.42 Å². The zero-order valence-corrected chi connectivity index (χ0v) is 16.1. The molecule has 0 spiro atoms. The summed E-state index contributed by atoms with van der Waals surface area (Å²) in [4.78, 5) is 12.7. The molecule has 6 nitrogen and oxygen atoms in total. The van der Waals surface area contributed by atoms with Crippen molar-refractivity contribution in [1.29, 1.82) is 0 Å². The highest BCUT2D eigenvalue weighted by molar-refractivity contribution is 7.92. The van der Waals surface area contributed by atoms with E-state index in [1.165, 1.54) is 18.2 Å². The Morgan fingerprint density at radius 2 is 1.92 bits per heavy atom. The molecule has 26 heavy (non-hydrogen) atoms. The highest BCUT2D eigenvalue weighted by Gasteiger charge is 2.48. The normalized spacial score (nSPS) is 17.9. The zero-order chi connectivity index (χ0) is 18.7. The smallest absolute Gasteiger partial charge is 0.387 e. The number of halogens is 3. The molecule has 0 radical (unpaired) electrons. The molecule has 1 aromatic rings. The van der Waals surface area contributed by atoms with Crippen LogP contribution in [-0.4, -0.2) is 45.0 Å². The molecule has 0 aliphatic carbocycles. The van der Waals surface area contributed by atoms with Crippen molar-refractivity contribution in [2.75, 3.05) is 19.3 Å². The monoisotopic (exact) mass is 412 g/mol. The first-order chi connectivity index (χ1) is 11.7. The van der Waals surface area contributed by atoms with Gasteiger partial charge in [-0.1, -0.05) is 12.1 Å². The Bertz CT molecular complexity index is 725. The van der Waals surface area contributed by atoms with E-state index in [0.29, 0.717) is 18.7 Å². The molecule has 1 fully saturated rings. The SMILES string of the molecule is CC(NC(=O)C1(S(C)(=O)=O)CCNCC1)c1cccc(OC(F)F)c1.Cl. The van der Waals surface area contributed by atoms with E-state index in [1.807, 2.05) is 0 Å². The van der Waals surface area contributed by atoms with Gasteiger partial charge in [0.1, 0.15) is 5.75 Å². The fourth-order valence-electron chi connectivity index (χ4n) is 2.97. The molecule has 10 heteroatoms. The number of nitrogens with one attached hydrogen (secondary N) is 2. The Balaban J connectivity index is 0.00000338. The minimum Gasteiger partial charge on any atom is -0.435 e. The number of rotatable bonds is 6. The number of carbonyl (C=O) groups excluding carboxylic acids is 1. The molecular formula is C16H23ClF2N2O4S. The lowest BCUT2D eigenvalue weighted by molar-refractivity contribution is -0.125. The first-order valence-electron chi connectivity index (χ1n) is 7.92. The Morgan fingerprint density at radius 1 is 1.31 bits per heavy atom. The Hall–Kier alpha value is -1.45. The molecule has 1 unspecified atom stereocenters. The number of sulfone groups is 1. The van der Waals surface area contributed by atoms with Crippen LogP contribution in [0.5, 0.6) is 5.75 Å². The van der Waals surface area contributed by atoms with Gasteiger partial charge in [0.25, 0.3) is 0 Å². The summed E-state index contributed by atoms with van der Waals surface area (Å²) in [5.74, 6) is -0.586. The fourth-order valence-corrected chi connectivity index (χ4v) is 4.31. The molecule has 2 rings (SSSR count). The summed E-state index contributed by atoms with van der Waals surface area (Å²) in [6, 6.07) is 5.41. The largest absolute Gasteiger partial charge is 0.435 e. The average Bonchev–Trinajstić information content (AvgIpc) is 2.54. The van der Waals surface area contributed by atoms with Gasteiger partial charge in [0, 0.05) is 6.26 Å². The Labute approximate surface area is 158 Å². The van der Waals surface area contributed by atoms with E-state index in [2.05, 4.69) is 15.4 Å². The lowest BCUT2D eigenvalue weighted by atomic mass is 9.95. The van der Waals surface area contributed by atoms with Gasteiger partial charge < -0.3 is 15.4 Å². The van der Waals surface area contributed by atoms with Gasteiger partial charge in [0.2, 0.25) is 5.91 Å². The van der Waals surface area contributed by atoms with E-state index in [4.69, 9.17) is 0 Å². The third-order valence-corrected chi connectivity index (χ3v) is 6.48. The van der Waals surface area contributed by atoms with Crippen LogP contribution in [-0.2, 0) is 14.6 Å². The van der Waals surface area contributed by atoms with Gasteiger partial charge in [0.15, 0.2) is 14.6 Å². The van der Waals surface area contributed by atoms with E-state index >= 15 is 0 Å². The minimum absolute atomic E-state index is 0. The van der Waals surface area contributed by atoms with E-state index in [-0.39, 0.29) is 31.0 Å². The molecule has 1 aromatic carbocycles. The summed E-state index contributed by atoms with van der Waals surface area (Å²) < 4.78 is 52.0. The molecule has 1 aliphatic heterocycles. The number of ether oxygens (including phenoxy) is 1. The number of amides is 1. The van der Waals surface area contributed by atoms with Crippen LogP contribution in [0.15, 0.2) is 24.3 Å². The van der Waals surface area contributed by atoms with Crippen molar-refractivity contribution >= 4 is 28.2 Å². The first-order valence-corrected chi connectivity index (χ1v) is 9.81. The van der Waals surface area contributed by atoms with Crippen molar-refractivity contribution in [3.8, 4) is 5.75 Å². The number of alkyl halides is 2. The predicted octanol–water partition coefficient (Wildman–Crippen LogP) is 2.05. The summed E-state index contributed by atoms with van der Waals surface area (Å²) in [6.07, 6.45) is 1.46. The minimum atomic E-state index is -3.61. The highest BCUT2D eigenvalue weighted by atomic mass is 35.5. The highest BCUT2D eigenvalue weighted by Crippen LogP contribution is 2.29. The maximum atomic E-state index is 12.7. The molecule has 0 bridgehead atoms. The number of piperidine rings is 1. The predicted molar refractivity (Wildman–Crippen MR) is 96.6 cm³/mol. The van der Waals surface area contributed by atoms with Gasteiger partial charge in [-0.3, -0.25) is 4.79 Å². The van der Waals surface area contributed by atoms with Gasteiger partial charge >= 0.3 is 6.61 Å². The van der Waals surface area contributed by atoms with Crippen LogP contribution in [0.1, 0.15) is 31.4 Å². The van der Waals surface area contributed by atoms with E-state index in [1.54, 1.807) is 13.0 Å². The van der Waals surface area contributed by atoms with Crippen LogP contribution >= 0.6 is 12.4 Å². The topological polar surface area (TPSA) is 84.5 Å². The lowest BCUT2D eigenvalue weighted by Crippen LogP contribution is -2.57. The summed E-state index contributed by atoms with van der Waals surface area (Å²) >= 11 is 0. The Kier molecular flexibility index (Phi) is 7.79. The van der Waals surface area contributed by atoms with Crippen LogP contribution in [0.25, 0.3) is 0 Å². The quantitative estimate of drug-likeness (QED) is 0.747. The third-order valence-electron chi connectivity index (χ3n) is 4.47. The molecule has 148 valence electrons. The summed E-state index contributed by atoms with van der Waals surface area (Å²) in [6.45, 7) is -0.404. The second kappa shape index (κ2) is 8.96. The maximum Gasteiger partial charge on any atom is 0.387 e. The molecule has 1 aliphatic rings. The van der Waals surface area contributed by atoms with Crippen LogP contribution in [0.2, 0.25) is 0 Å². The summed E-state index contributed by atoms with van der Waals surface area (Å²) in [5, 5.41) is 5.75. The number of benzene rings is 1. The summed E-state index contributed by atoms with van der Waals surface area (Å²) in [7, 11) is -3.61. The van der Waals surface area contributed by atoms with Crippen LogP contribution in [0.3, 0.4) is 0 Å². The van der Waals surface area contributed by atoms with Crippen molar-refractivity contribution in [3.63, 3.8) is 0 Å². The molecule has 2 N–H and O–H groups in total. The standard InChI is InChI=1S/C16H22F2N2O4S.ClH/c1-11(12-4-3-5-13(10-12)24-15(17)18)20-14(21)16(25(2,22)23)6-8-19-9-7-16;/h3-5,10-11,15,19H,6-9H2,1-2H3,(H,20,21);1H. The van der Waals surface area contributed by atoms with Crippen molar-refractivity contribution in [2.24, 2.45) is 0 Å². The van der Waals surface area contributed by atoms with Crippen molar-refractivity contribution in [2.45, 2.75) is 37.2 Å². The zero-order valence-electron chi connectivity index (χ0n) is 14.5. The number of hydrogen-bond donors (Lipinski definition) is 2.